The molecule has 0 aromatic carbocycles. The highest BCUT2D eigenvalue weighted by atomic mass is 32.1. The Morgan fingerprint density at radius 3 is 2.93 bits per heavy atom. The van der Waals surface area contributed by atoms with Crippen molar-refractivity contribution < 1.29 is 18.4 Å². The van der Waals surface area contributed by atoms with E-state index in [9.17, 15) is 18.4 Å². The normalized spacial score (nSPS) is 20.9. The second kappa shape index (κ2) is 7.06. The number of urea groups is 1. The third-order valence-electron chi connectivity index (χ3n) is 4.59. The van der Waals surface area contributed by atoms with Gasteiger partial charge in [-0.15, -0.1) is 0 Å². The number of carbonyl (C=O) groups is 2. The lowest BCUT2D eigenvalue weighted by molar-refractivity contribution is 0.0852. The lowest BCUT2D eigenvalue weighted by Crippen LogP contribution is -2.35. The Bertz CT molecular complexity index is 906. The first-order valence-electron chi connectivity index (χ1n) is 8.70. The Morgan fingerprint density at radius 2 is 2.25 bits per heavy atom. The fourth-order valence-electron chi connectivity index (χ4n) is 2.91. The standard InChI is InChI=1S/C17H18F2N6O2S/c1-10-13(14(26)21-7-12-4-2-3-5-20-12)28-16(22-10)25-9-24(23-15(25)27)8-11-6-17(11,18)19/h2-5,11H,6-9H2,1H3,(H,21,26)(H,23,27). The van der Waals surface area contributed by atoms with E-state index in [1.165, 1.54) is 9.91 Å². The van der Waals surface area contributed by atoms with Gasteiger partial charge in [-0.2, -0.15) is 5.01 Å². The molecular weight excluding hydrogens is 390 g/mol. The first-order chi connectivity index (χ1) is 13.3. The minimum absolute atomic E-state index is 0.0804. The zero-order valence-corrected chi connectivity index (χ0v) is 15.8. The number of rotatable bonds is 6. The second-order valence-corrected chi connectivity index (χ2v) is 7.76. The molecule has 2 aliphatic rings. The summed E-state index contributed by atoms with van der Waals surface area (Å²) in [5.74, 6) is -3.69. The number of hydrogen-bond acceptors (Lipinski definition) is 6. The quantitative estimate of drug-likeness (QED) is 0.764. The molecule has 1 saturated heterocycles. The van der Waals surface area contributed by atoms with Crippen molar-refractivity contribution in [3.05, 3.63) is 40.7 Å². The summed E-state index contributed by atoms with van der Waals surface area (Å²) >= 11 is 1.09. The first-order valence-corrected chi connectivity index (χ1v) is 9.51. The summed E-state index contributed by atoms with van der Waals surface area (Å²) in [5.41, 5.74) is 3.79. The minimum atomic E-state index is -2.64. The van der Waals surface area contributed by atoms with Gasteiger partial charge in [-0.3, -0.25) is 20.1 Å². The van der Waals surface area contributed by atoms with Gasteiger partial charge >= 0.3 is 6.03 Å². The van der Waals surface area contributed by atoms with E-state index in [1.54, 1.807) is 25.3 Å². The zero-order chi connectivity index (χ0) is 19.9. The molecule has 2 aromatic rings. The summed E-state index contributed by atoms with van der Waals surface area (Å²) in [6.07, 6.45) is 1.49. The lowest BCUT2D eigenvalue weighted by atomic mass is 10.3. The lowest BCUT2D eigenvalue weighted by Gasteiger charge is -2.13. The third kappa shape index (κ3) is 3.80. The molecule has 0 bridgehead atoms. The predicted molar refractivity (Wildman–Crippen MR) is 97.9 cm³/mol. The highest BCUT2D eigenvalue weighted by molar-refractivity contribution is 7.17. The molecule has 11 heteroatoms. The summed E-state index contributed by atoms with van der Waals surface area (Å²) in [7, 11) is 0. The van der Waals surface area contributed by atoms with Crippen molar-refractivity contribution in [1.82, 2.24) is 25.7 Å². The molecule has 28 heavy (non-hydrogen) atoms. The number of hydrogen-bond donors (Lipinski definition) is 2. The molecule has 1 aliphatic carbocycles. The molecule has 0 radical (unpaired) electrons. The number of carbonyl (C=O) groups excluding carboxylic acids is 2. The maximum absolute atomic E-state index is 13.1. The predicted octanol–water partition coefficient (Wildman–Crippen LogP) is 2.14. The molecule has 4 rings (SSSR count). The number of aromatic nitrogens is 2. The maximum Gasteiger partial charge on any atom is 0.339 e. The highest BCUT2D eigenvalue weighted by Crippen LogP contribution is 2.48. The van der Waals surface area contributed by atoms with Gasteiger partial charge in [-0.1, -0.05) is 17.4 Å². The van der Waals surface area contributed by atoms with Crippen LogP contribution in [0.2, 0.25) is 0 Å². The maximum atomic E-state index is 13.1. The number of nitrogens with one attached hydrogen (secondary N) is 2. The second-order valence-electron chi connectivity index (χ2n) is 6.79. The van der Waals surface area contributed by atoms with Crippen molar-refractivity contribution in [2.75, 3.05) is 18.1 Å². The van der Waals surface area contributed by atoms with Crippen LogP contribution in [0.3, 0.4) is 0 Å². The van der Waals surface area contributed by atoms with Crippen LogP contribution in [0, 0.1) is 12.8 Å². The van der Waals surface area contributed by atoms with Gasteiger partial charge in [0.05, 0.1) is 17.9 Å². The van der Waals surface area contributed by atoms with E-state index in [-0.39, 0.29) is 32.1 Å². The van der Waals surface area contributed by atoms with Gasteiger partial charge in [0.2, 0.25) is 0 Å². The molecule has 3 amide bonds. The average Bonchev–Trinajstić information content (AvgIpc) is 2.97. The van der Waals surface area contributed by atoms with Crippen LogP contribution in [-0.4, -0.2) is 46.1 Å². The molecule has 2 N–H and O–H groups in total. The summed E-state index contributed by atoms with van der Waals surface area (Å²) in [4.78, 5) is 34.8. The number of aryl methyl sites for hydroxylation is 1. The minimum Gasteiger partial charge on any atom is -0.346 e. The number of anilines is 1. The number of thiazole rings is 1. The number of nitrogens with zero attached hydrogens (tertiary/aromatic N) is 4. The molecule has 1 unspecified atom stereocenters. The van der Waals surface area contributed by atoms with Crippen molar-refractivity contribution in [3.8, 4) is 0 Å². The Balaban J connectivity index is 1.39. The smallest absolute Gasteiger partial charge is 0.339 e. The summed E-state index contributed by atoms with van der Waals surface area (Å²) in [6, 6.07) is 4.98. The van der Waals surface area contributed by atoms with Gasteiger partial charge in [-0.25, -0.2) is 18.6 Å². The molecule has 1 aliphatic heterocycles. The van der Waals surface area contributed by atoms with Gasteiger partial charge in [0, 0.05) is 25.1 Å². The monoisotopic (exact) mass is 408 g/mol. The molecule has 1 atom stereocenters. The summed E-state index contributed by atoms with van der Waals surface area (Å²) < 4.78 is 26.2. The zero-order valence-electron chi connectivity index (χ0n) is 15.0. The van der Waals surface area contributed by atoms with Crippen molar-refractivity contribution in [1.29, 1.82) is 0 Å². The van der Waals surface area contributed by atoms with Crippen LogP contribution in [-0.2, 0) is 6.54 Å². The van der Waals surface area contributed by atoms with Crippen molar-refractivity contribution >= 4 is 28.4 Å². The van der Waals surface area contributed by atoms with Gasteiger partial charge in [-0.05, 0) is 19.1 Å². The molecule has 2 aromatic heterocycles. The number of halogens is 2. The van der Waals surface area contributed by atoms with Gasteiger partial charge in [0.1, 0.15) is 11.5 Å². The van der Waals surface area contributed by atoms with Crippen LogP contribution in [0.25, 0.3) is 0 Å². The van der Waals surface area contributed by atoms with Crippen LogP contribution in [0.4, 0.5) is 18.7 Å². The Kier molecular flexibility index (Phi) is 4.71. The third-order valence-corrected chi connectivity index (χ3v) is 5.77. The number of hydrazine groups is 1. The van der Waals surface area contributed by atoms with E-state index in [0.717, 1.165) is 17.0 Å². The number of alkyl halides is 2. The Morgan fingerprint density at radius 1 is 1.46 bits per heavy atom. The molecule has 148 valence electrons. The van der Waals surface area contributed by atoms with E-state index in [0.29, 0.717) is 15.7 Å². The van der Waals surface area contributed by atoms with Crippen LogP contribution in [0.5, 0.6) is 0 Å². The Hall–Kier alpha value is -2.66. The van der Waals surface area contributed by atoms with Crippen LogP contribution >= 0.6 is 11.3 Å². The molecule has 2 fully saturated rings. The van der Waals surface area contributed by atoms with Gasteiger partial charge in [0.15, 0.2) is 5.13 Å². The van der Waals surface area contributed by atoms with E-state index in [2.05, 4.69) is 20.7 Å². The van der Waals surface area contributed by atoms with E-state index in [4.69, 9.17) is 0 Å². The van der Waals surface area contributed by atoms with Gasteiger partial charge < -0.3 is 5.32 Å². The molecular formula is C17H18F2N6O2S. The Labute approximate surface area is 163 Å². The number of amides is 3. The van der Waals surface area contributed by atoms with E-state index < -0.39 is 17.9 Å². The van der Waals surface area contributed by atoms with Crippen molar-refractivity contribution in [2.45, 2.75) is 25.8 Å². The SMILES string of the molecule is Cc1nc(N2CN(CC3CC3(F)F)NC2=O)sc1C(=O)NCc1ccccn1. The van der Waals surface area contributed by atoms with Gasteiger partial charge in [0.25, 0.3) is 11.8 Å². The van der Waals surface area contributed by atoms with Crippen LogP contribution in [0.1, 0.15) is 27.5 Å². The first kappa shape index (κ1) is 18.7. The molecule has 8 nitrogen and oxygen atoms in total. The molecule has 1 saturated carbocycles. The van der Waals surface area contributed by atoms with Crippen molar-refractivity contribution in [3.63, 3.8) is 0 Å². The average molecular weight is 408 g/mol. The topological polar surface area (TPSA) is 90.5 Å². The molecule has 0 spiro atoms. The van der Waals surface area contributed by atoms with E-state index >= 15 is 0 Å². The highest BCUT2D eigenvalue weighted by Gasteiger charge is 2.57. The van der Waals surface area contributed by atoms with E-state index in [1.807, 2.05) is 6.07 Å². The largest absolute Gasteiger partial charge is 0.346 e. The van der Waals surface area contributed by atoms with Crippen LogP contribution in [0.15, 0.2) is 24.4 Å². The van der Waals surface area contributed by atoms with Crippen molar-refractivity contribution in [2.24, 2.45) is 5.92 Å². The summed E-state index contributed by atoms with van der Waals surface area (Å²) in [6.45, 7) is 2.15. The van der Waals surface area contributed by atoms with Crippen LogP contribution < -0.4 is 15.6 Å². The fourth-order valence-corrected chi connectivity index (χ4v) is 3.89. The number of pyridine rings is 1. The fraction of sp³-hybridized carbons (Fsp3) is 0.412. The molecule has 3 heterocycles. The summed E-state index contributed by atoms with van der Waals surface area (Å²) in [5, 5.41) is 4.58.